The van der Waals surface area contributed by atoms with Gasteiger partial charge in [-0.25, -0.2) is 9.97 Å². The van der Waals surface area contributed by atoms with Crippen molar-refractivity contribution in [2.45, 2.75) is 44.6 Å². The van der Waals surface area contributed by atoms with Crippen molar-refractivity contribution in [3.63, 3.8) is 0 Å². The molecule has 1 amide bonds. The summed E-state index contributed by atoms with van der Waals surface area (Å²) in [4.78, 5) is 38.3. The van der Waals surface area contributed by atoms with Gasteiger partial charge in [0.25, 0.3) is 0 Å². The summed E-state index contributed by atoms with van der Waals surface area (Å²) < 4.78 is 0. The van der Waals surface area contributed by atoms with Gasteiger partial charge in [0.2, 0.25) is 5.91 Å². The summed E-state index contributed by atoms with van der Waals surface area (Å²) in [5, 5.41) is 9.08. The number of aliphatic carboxylic acids is 1. The summed E-state index contributed by atoms with van der Waals surface area (Å²) >= 11 is 0. The van der Waals surface area contributed by atoms with E-state index in [0.717, 1.165) is 43.9 Å². The van der Waals surface area contributed by atoms with Crippen LogP contribution in [-0.4, -0.2) is 82.1 Å². The molecule has 2 fully saturated rings. The fourth-order valence-corrected chi connectivity index (χ4v) is 4.21. The highest BCUT2D eigenvalue weighted by atomic mass is 16.4. The smallest absolute Gasteiger partial charge is 0.323 e. The lowest BCUT2D eigenvalue weighted by Crippen LogP contribution is -2.61. The molecule has 1 N–H and O–H groups in total. The molecule has 3 heterocycles. The lowest BCUT2D eigenvalue weighted by Gasteiger charge is -2.50. The number of hydrogen-bond donors (Lipinski definition) is 1. The molecule has 0 aliphatic carbocycles. The minimum absolute atomic E-state index is 0.0651. The molecule has 148 valence electrons. The number of piperazine rings is 1. The van der Waals surface area contributed by atoms with Gasteiger partial charge in [0.05, 0.1) is 0 Å². The average molecular weight is 375 g/mol. The molecule has 1 aromatic heterocycles. The zero-order valence-corrected chi connectivity index (χ0v) is 16.4. The molecule has 1 atom stereocenters. The predicted octanol–water partition coefficient (Wildman–Crippen LogP) is 1.19. The van der Waals surface area contributed by atoms with Crippen molar-refractivity contribution in [3.8, 4) is 0 Å². The summed E-state index contributed by atoms with van der Waals surface area (Å²) in [6, 6.07) is 0. The van der Waals surface area contributed by atoms with E-state index in [1.54, 1.807) is 6.33 Å². The van der Waals surface area contributed by atoms with Crippen molar-refractivity contribution >= 4 is 17.7 Å². The molecule has 0 radical (unpaired) electrons. The van der Waals surface area contributed by atoms with Gasteiger partial charge in [-0.1, -0.05) is 13.8 Å². The van der Waals surface area contributed by atoms with Crippen LogP contribution in [0, 0.1) is 0 Å². The molecule has 0 saturated carbocycles. The second-order valence-corrected chi connectivity index (χ2v) is 7.98. The first-order chi connectivity index (χ1) is 12.8. The van der Waals surface area contributed by atoms with E-state index in [2.05, 4.69) is 40.7 Å². The Morgan fingerprint density at radius 1 is 1.30 bits per heavy atom. The lowest BCUT2D eigenvalue weighted by atomic mass is 9.86. The second kappa shape index (κ2) is 7.80. The first-order valence-corrected chi connectivity index (χ1v) is 9.58. The molecule has 2 saturated heterocycles. The molecule has 27 heavy (non-hydrogen) atoms. The fourth-order valence-electron chi connectivity index (χ4n) is 4.21. The van der Waals surface area contributed by atoms with Crippen LogP contribution in [0.15, 0.2) is 12.5 Å². The van der Waals surface area contributed by atoms with Gasteiger partial charge in [-0.15, -0.1) is 0 Å². The Morgan fingerprint density at radius 3 is 2.78 bits per heavy atom. The number of anilines is 1. The Hall–Kier alpha value is -2.22. The number of hydrogen-bond acceptors (Lipinski definition) is 6. The first kappa shape index (κ1) is 19.5. The number of carboxylic acid groups (broad SMARTS) is 1. The third-order valence-electron chi connectivity index (χ3n) is 5.97. The lowest BCUT2D eigenvalue weighted by molar-refractivity contribution is -0.144. The molecule has 0 bridgehead atoms. The van der Waals surface area contributed by atoms with Gasteiger partial charge in [-0.3, -0.25) is 14.5 Å². The Kier molecular flexibility index (Phi) is 5.64. The molecule has 2 aliphatic rings. The van der Waals surface area contributed by atoms with Crippen molar-refractivity contribution < 1.29 is 14.7 Å². The highest BCUT2D eigenvalue weighted by Crippen LogP contribution is 2.35. The van der Waals surface area contributed by atoms with Crippen LogP contribution in [-0.2, 0) is 9.59 Å². The summed E-state index contributed by atoms with van der Waals surface area (Å²) in [5.41, 5.74) is 0.981. The molecule has 0 aromatic carbocycles. The topological polar surface area (TPSA) is 89.9 Å². The third kappa shape index (κ3) is 4.05. The van der Waals surface area contributed by atoms with Crippen molar-refractivity contribution in [1.82, 2.24) is 19.8 Å². The van der Waals surface area contributed by atoms with Crippen LogP contribution in [0.4, 0.5) is 5.82 Å². The van der Waals surface area contributed by atoms with Crippen LogP contribution in [0.5, 0.6) is 0 Å². The van der Waals surface area contributed by atoms with Crippen molar-refractivity contribution in [2.24, 2.45) is 0 Å². The standard InChI is InChI=1S/C19H29N5O3/c1-14(2)15-10-20-13-21-18(15)24-9-8-22(3)19(12-24)5-4-16(25)23(7-6-19)11-17(26)27/h10,13-14H,4-9,11-12H2,1-3H3,(H,26,27). The highest BCUT2D eigenvalue weighted by Gasteiger charge is 2.43. The number of aromatic nitrogens is 2. The van der Waals surface area contributed by atoms with Crippen LogP contribution >= 0.6 is 0 Å². The molecule has 2 aliphatic heterocycles. The van der Waals surface area contributed by atoms with Gasteiger partial charge < -0.3 is 14.9 Å². The van der Waals surface area contributed by atoms with Crippen LogP contribution in [0.3, 0.4) is 0 Å². The van der Waals surface area contributed by atoms with Crippen LogP contribution in [0.2, 0.25) is 0 Å². The molecule has 8 nitrogen and oxygen atoms in total. The molecule has 8 heteroatoms. The number of likely N-dealkylation sites (N-methyl/N-ethyl adjacent to an activating group) is 1. The largest absolute Gasteiger partial charge is 0.480 e. The summed E-state index contributed by atoms with van der Waals surface area (Å²) in [7, 11) is 2.11. The van der Waals surface area contributed by atoms with Gasteiger partial charge in [0.15, 0.2) is 0 Å². The molecule has 3 rings (SSSR count). The summed E-state index contributed by atoms with van der Waals surface area (Å²) in [6.45, 7) is 7.09. The number of carbonyl (C=O) groups is 2. The van der Waals surface area contributed by atoms with E-state index < -0.39 is 5.97 Å². The molecular weight excluding hydrogens is 346 g/mol. The Morgan fingerprint density at radius 2 is 2.07 bits per heavy atom. The number of nitrogens with zero attached hydrogens (tertiary/aromatic N) is 5. The van der Waals surface area contributed by atoms with Gasteiger partial charge in [0.1, 0.15) is 18.7 Å². The number of carbonyl (C=O) groups excluding carboxylic acids is 1. The Balaban J connectivity index is 1.83. The van der Waals surface area contributed by atoms with E-state index in [-0.39, 0.29) is 18.0 Å². The van der Waals surface area contributed by atoms with Gasteiger partial charge in [-0.2, -0.15) is 0 Å². The quantitative estimate of drug-likeness (QED) is 0.845. The van der Waals surface area contributed by atoms with Crippen LogP contribution < -0.4 is 4.90 Å². The average Bonchev–Trinajstić information content (AvgIpc) is 2.78. The van der Waals surface area contributed by atoms with E-state index in [1.807, 2.05) is 6.20 Å². The maximum absolute atomic E-state index is 12.4. The minimum atomic E-state index is -0.958. The SMILES string of the molecule is CC(C)c1cncnc1N1CCN(C)C2(CCC(=O)N(CC(=O)O)CC2)C1. The maximum atomic E-state index is 12.4. The monoisotopic (exact) mass is 375 g/mol. The summed E-state index contributed by atoms with van der Waals surface area (Å²) in [5.74, 6) is 0.286. The predicted molar refractivity (Wildman–Crippen MR) is 102 cm³/mol. The summed E-state index contributed by atoms with van der Waals surface area (Å²) in [6.07, 6.45) is 5.37. The van der Waals surface area contributed by atoms with Gasteiger partial charge >= 0.3 is 5.97 Å². The van der Waals surface area contributed by atoms with Gasteiger partial charge in [0, 0.05) is 49.9 Å². The maximum Gasteiger partial charge on any atom is 0.323 e. The Bertz CT molecular complexity index is 710. The number of rotatable bonds is 4. The molecular formula is C19H29N5O3. The van der Waals surface area contributed by atoms with Gasteiger partial charge in [-0.05, 0) is 25.8 Å². The molecule has 1 spiro atoms. The van der Waals surface area contributed by atoms with Crippen LogP contribution in [0.1, 0.15) is 44.6 Å². The molecule has 1 unspecified atom stereocenters. The number of carboxylic acids is 1. The third-order valence-corrected chi connectivity index (χ3v) is 5.97. The number of amides is 1. The van der Waals surface area contributed by atoms with Crippen molar-refractivity contribution in [2.75, 3.05) is 44.7 Å². The van der Waals surface area contributed by atoms with E-state index in [0.29, 0.717) is 18.9 Å². The second-order valence-electron chi connectivity index (χ2n) is 7.98. The van der Waals surface area contributed by atoms with Crippen molar-refractivity contribution in [1.29, 1.82) is 0 Å². The fraction of sp³-hybridized carbons (Fsp3) is 0.684. The van der Waals surface area contributed by atoms with E-state index in [4.69, 9.17) is 5.11 Å². The van der Waals surface area contributed by atoms with E-state index in [1.165, 1.54) is 4.90 Å². The number of likely N-dealkylation sites (tertiary alicyclic amines) is 1. The highest BCUT2D eigenvalue weighted by molar-refractivity contribution is 5.81. The van der Waals surface area contributed by atoms with Crippen LogP contribution in [0.25, 0.3) is 0 Å². The normalized spacial score (nSPS) is 24.5. The zero-order valence-electron chi connectivity index (χ0n) is 16.4. The van der Waals surface area contributed by atoms with E-state index >= 15 is 0 Å². The van der Waals surface area contributed by atoms with Crippen molar-refractivity contribution in [3.05, 3.63) is 18.1 Å². The first-order valence-electron chi connectivity index (χ1n) is 9.58. The van der Waals surface area contributed by atoms with E-state index in [9.17, 15) is 9.59 Å². The molecule has 1 aromatic rings. The zero-order chi connectivity index (χ0) is 19.6. The minimum Gasteiger partial charge on any atom is -0.480 e. The Labute approximate surface area is 160 Å².